The molecule has 2 aromatic heterocycles. The van der Waals surface area contributed by atoms with Crippen LogP contribution in [0.1, 0.15) is 49.4 Å². The Morgan fingerprint density at radius 1 is 1.11 bits per heavy atom. The monoisotopic (exact) mass is 511 g/mol. The maximum absolute atomic E-state index is 10.2. The molecule has 0 saturated heterocycles. The van der Waals surface area contributed by atoms with E-state index in [1.54, 1.807) is 18.3 Å². The minimum Gasteiger partial charge on any atom is -0.480 e. The van der Waals surface area contributed by atoms with Gasteiger partial charge in [0.2, 0.25) is 0 Å². The second-order valence-corrected chi connectivity index (χ2v) is 7.63. The van der Waals surface area contributed by atoms with Gasteiger partial charge in [-0.05, 0) is 44.2 Å². The van der Waals surface area contributed by atoms with Crippen molar-refractivity contribution < 1.29 is 34.1 Å². The third kappa shape index (κ3) is 21.8. The Morgan fingerprint density at radius 3 is 2.00 bits per heavy atom. The average molecular weight is 512 g/mol. The highest BCUT2D eigenvalue weighted by molar-refractivity contribution is 5.85. The lowest BCUT2D eigenvalue weighted by atomic mass is 10.1. The van der Waals surface area contributed by atoms with Gasteiger partial charge >= 0.3 is 17.9 Å². The number of carboxylic acid groups (broad SMARTS) is 3. The topological polar surface area (TPSA) is 265 Å². The van der Waals surface area contributed by atoms with Gasteiger partial charge in [-0.15, -0.1) is 0 Å². The van der Waals surface area contributed by atoms with Crippen molar-refractivity contribution in [3.8, 4) is 0 Å². The maximum Gasteiger partial charge on any atom is 0.354 e. The molecule has 202 valence electrons. The second kappa shape index (κ2) is 20.3. The molecule has 0 bridgehead atoms. The highest BCUT2D eigenvalue weighted by atomic mass is 16.4. The highest BCUT2D eigenvalue weighted by Gasteiger charge is 2.12. The minimum atomic E-state index is -1.00. The van der Waals surface area contributed by atoms with E-state index in [1.807, 2.05) is 20.8 Å². The molecular formula is C22H37N7O7. The van der Waals surface area contributed by atoms with E-state index in [9.17, 15) is 14.4 Å². The number of aromatic carboxylic acids is 1. The van der Waals surface area contributed by atoms with Crippen molar-refractivity contribution in [3.05, 3.63) is 48.4 Å². The zero-order valence-electron chi connectivity index (χ0n) is 20.6. The number of aromatic nitrogens is 2. The molecule has 0 unspecified atom stereocenters. The zero-order valence-corrected chi connectivity index (χ0v) is 20.6. The second-order valence-electron chi connectivity index (χ2n) is 7.63. The van der Waals surface area contributed by atoms with Gasteiger partial charge in [-0.2, -0.15) is 0 Å². The van der Waals surface area contributed by atoms with Gasteiger partial charge in [0.15, 0.2) is 12.4 Å². The van der Waals surface area contributed by atoms with Gasteiger partial charge in [-0.3, -0.25) is 15.0 Å². The molecule has 0 radical (unpaired) electrons. The molecule has 0 aliphatic rings. The summed E-state index contributed by atoms with van der Waals surface area (Å²) in [6.45, 7) is 6.23. The van der Waals surface area contributed by atoms with Crippen LogP contribution in [0.2, 0.25) is 0 Å². The van der Waals surface area contributed by atoms with Crippen molar-refractivity contribution in [1.29, 1.82) is 5.41 Å². The molecule has 36 heavy (non-hydrogen) atoms. The number of hydrogen-bond acceptors (Lipinski definition) is 9. The summed E-state index contributed by atoms with van der Waals surface area (Å²) >= 11 is 0. The number of nitrogens with zero attached hydrogens (tertiary/aromatic N) is 2. The van der Waals surface area contributed by atoms with E-state index in [1.165, 1.54) is 18.7 Å². The molecule has 2 heterocycles. The van der Waals surface area contributed by atoms with Crippen LogP contribution in [0.25, 0.3) is 0 Å². The lowest BCUT2D eigenvalue weighted by Gasteiger charge is -2.07. The smallest absolute Gasteiger partial charge is 0.354 e. The molecule has 0 saturated carbocycles. The Bertz CT molecular complexity index is 878. The van der Waals surface area contributed by atoms with E-state index in [-0.39, 0.29) is 11.7 Å². The SMILES string of the molecule is CC(C)C[C@H](N)C(=O)O.Cc1cnco1.N=C(N)NCCC[C@H](N)C(=O)O.O=C(O)c1ccccn1. The molecule has 14 nitrogen and oxygen atoms in total. The van der Waals surface area contributed by atoms with Crippen molar-refractivity contribution in [2.75, 3.05) is 6.54 Å². The first-order valence-corrected chi connectivity index (χ1v) is 10.8. The summed E-state index contributed by atoms with van der Waals surface area (Å²) in [5.41, 5.74) is 15.5. The Hall–Kier alpha value is -4.04. The van der Waals surface area contributed by atoms with E-state index in [0.29, 0.717) is 31.7 Å². The standard InChI is InChI=1S/C6H14N4O2.C6H5NO2.C6H13NO2.C4H5NO/c7-4(5(11)12)2-1-3-10-6(8)9;8-6(9)5-3-1-2-4-7-5;1-4(2)3-5(7)6(8)9;1-4-2-5-3-6-4/h4H,1-3,7H2,(H,11,12)(H4,8,9,10);1-4H,(H,8,9);4-5H,3,7H2,1-2H3,(H,8,9);2-3H,1H3/t4-;;5-;/m0.0./s1. The minimum absolute atomic E-state index is 0.0810. The van der Waals surface area contributed by atoms with Gasteiger partial charge in [0, 0.05) is 12.7 Å². The van der Waals surface area contributed by atoms with Crippen LogP contribution in [-0.4, -0.2) is 67.8 Å². The summed E-state index contributed by atoms with van der Waals surface area (Å²) in [5, 5.41) is 34.3. The predicted octanol–water partition coefficient (Wildman–Crippen LogP) is 0.869. The molecule has 11 N–H and O–H groups in total. The molecule has 0 aliphatic heterocycles. The Morgan fingerprint density at radius 2 is 1.72 bits per heavy atom. The van der Waals surface area contributed by atoms with Gasteiger partial charge in [0.25, 0.3) is 0 Å². The highest BCUT2D eigenvalue weighted by Crippen LogP contribution is 2.01. The van der Waals surface area contributed by atoms with Crippen molar-refractivity contribution in [3.63, 3.8) is 0 Å². The van der Waals surface area contributed by atoms with Gasteiger partial charge in [0.1, 0.15) is 23.5 Å². The van der Waals surface area contributed by atoms with E-state index >= 15 is 0 Å². The quantitative estimate of drug-likeness (QED) is 0.132. The van der Waals surface area contributed by atoms with Crippen LogP contribution in [0, 0.1) is 18.3 Å². The average Bonchev–Trinajstić information content (AvgIpc) is 3.28. The van der Waals surface area contributed by atoms with Crippen molar-refractivity contribution >= 4 is 23.9 Å². The van der Waals surface area contributed by atoms with Crippen LogP contribution in [0.15, 0.2) is 41.4 Å². The molecule has 0 spiro atoms. The number of pyridine rings is 1. The van der Waals surface area contributed by atoms with Crippen molar-refractivity contribution in [2.45, 2.75) is 52.1 Å². The largest absolute Gasteiger partial charge is 0.480 e. The molecule has 2 aromatic rings. The number of nitrogens with two attached hydrogens (primary N) is 3. The lowest BCUT2D eigenvalue weighted by molar-refractivity contribution is -0.139. The molecular weight excluding hydrogens is 474 g/mol. The van der Waals surface area contributed by atoms with E-state index in [0.717, 1.165) is 5.76 Å². The summed E-state index contributed by atoms with van der Waals surface area (Å²) < 4.78 is 4.72. The van der Waals surface area contributed by atoms with Crippen molar-refractivity contribution in [1.82, 2.24) is 15.3 Å². The Labute approximate surface area is 209 Å². The number of carbonyl (C=O) groups is 3. The molecule has 0 aliphatic carbocycles. The van der Waals surface area contributed by atoms with E-state index in [2.05, 4.69) is 15.3 Å². The zero-order chi connectivity index (χ0) is 28.1. The number of guanidine groups is 1. The fourth-order valence-corrected chi connectivity index (χ4v) is 2.05. The Kier molecular flexibility index (Phi) is 19.3. The van der Waals surface area contributed by atoms with Crippen molar-refractivity contribution in [2.24, 2.45) is 23.1 Å². The van der Waals surface area contributed by atoms with Gasteiger partial charge in [0.05, 0.1) is 6.20 Å². The first-order chi connectivity index (χ1) is 16.8. The van der Waals surface area contributed by atoms with Gasteiger partial charge in [-0.1, -0.05) is 19.9 Å². The first kappa shape index (κ1) is 34.1. The summed E-state index contributed by atoms with van der Waals surface area (Å²) in [7, 11) is 0. The van der Waals surface area contributed by atoms with Crippen LogP contribution in [0.5, 0.6) is 0 Å². The van der Waals surface area contributed by atoms with E-state index in [4.69, 9.17) is 42.3 Å². The maximum atomic E-state index is 10.2. The Balaban J connectivity index is 0. The molecule has 2 rings (SSSR count). The van der Waals surface area contributed by atoms with Gasteiger partial charge in [-0.25, -0.2) is 14.8 Å². The number of aliphatic carboxylic acids is 2. The summed E-state index contributed by atoms with van der Waals surface area (Å²) in [6, 6.07) is 3.24. The molecule has 2 atom stereocenters. The lowest BCUT2D eigenvalue weighted by Crippen LogP contribution is -2.34. The summed E-state index contributed by atoms with van der Waals surface area (Å²) in [5.74, 6) is -1.80. The van der Waals surface area contributed by atoms with E-state index < -0.39 is 30.0 Å². The van der Waals surface area contributed by atoms with Crippen LogP contribution in [-0.2, 0) is 9.59 Å². The fourth-order valence-electron chi connectivity index (χ4n) is 2.05. The first-order valence-electron chi connectivity index (χ1n) is 10.8. The summed E-state index contributed by atoms with van der Waals surface area (Å²) in [4.78, 5) is 37.7. The number of oxazole rings is 1. The number of rotatable bonds is 9. The van der Waals surface area contributed by atoms with Crippen LogP contribution in [0.3, 0.4) is 0 Å². The third-order valence-corrected chi connectivity index (χ3v) is 3.81. The predicted molar refractivity (Wildman–Crippen MR) is 132 cm³/mol. The van der Waals surface area contributed by atoms with Crippen LogP contribution >= 0.6 is 0 Å². The summed E-state index contributed by atoms with van der Waals surface area (Å²) in [6.07, 6.45) is 6.05. The van der Waals surface area contributed by atoms with Crippen LogP contribution in [0.4, 0.5) is 0 Å². The number of nitrogens with one attached hydrogen (secondary N) is 2. The molecule has 14 heteroatoms. The van der Waals surface area contributed by atoms with Gasteiger partial charge < -0.3 is 42.3 Å². The van der Waals surface area contributed by atoms with Crippen LogP contribution < -0.4 is 22.5 Å². The normalized spacial score (nSPS) is 11.2. The number of aryl methyl sites for hydroxylation is 1. The third-order valence-electron chi connectivity index (χ3n) is 3.81. The molecule has 0 amide bonds. The molecule has 0 aromatic carbocycles. The molecule has 0 fully saturated rings. The number of carboxylic acids is 3. The fraction of sp³-hybridized carbons (Fsp3) is 0.455. The number of hydrogen-bond donors (Lipinski definition) is 8.